The number of methoxy groups -OCH3 is 2. The van der Waals surface area contributed by atoms with E-state index >= 15 is 0 Å². The van der Waals surface area contributed by atoms with Gasteiger partial charge in [-0.05, 0) is 89.4 Å². The Morgan fingerprint density at radius 2 is 0.711 bits per heavy atom. The second kappa shape index (κ2) is 44.8. The number of esters is 2. The zero-order valence-electron chi connectivity index (χ0n) is 46.1. The van der Waals surface area contributed by atoms with E-state index in [9.17, 15) is 62.3 Å². The first-order valence-electron chi connectivity index (χ1n) is 22.1. The van der Waals surface area contributed by atoms with Crippen molar-refractivity contribution in [1.29, 1.82) is 0 Å². The number of aromatic amines is 1. The van der Waals surface area contributed by atoms with Gasteiger partial charge in [-0.1, -0.05) is 68.8 Å². The first-order valence-corrected chi connectivity index (χ1v) is 28.8. The Balaban J connectivity index is -0.000000986. The number of aromatic nitrogens is 6. The molecule has 0 radical (unpaired) electrons. The molecule has 5 N–H and O–H groups in total. The van der Waals surface area contributed by atoms with Crippen molar-refractivity contribution in [3.8, 4) is 0 Å². The molecular weight excluding hydrogens is 1580 g/mol. The Morgan fingerprint density at radius 3 is 0.956 bits per heavy atom. The monoisotopic (exact) mass is 1610 g/mol. The fourth-order valence-corrected chi connectivity index (χ4v) is 6.88. The van der Waals surface area contributed by atoms with E-state index in [0.717, 1.165) is 12.1 Å². The zero-order valence-corrected chi connectivity index (χ0v) is 58.3. The summed E-state index contributed by atoms with van der Waals surface area (Å²) in [5.41, 5.74) is 20.7. The molecule has 0 amide bonds. The number of nitrogens with one attached hydrogen (secondary N) is 1. The first kappa shape index (κ1) is 86.6. The van der Waals surface area contributed by atoms with Crippen LogP contribution >= 0.6 is 108 Å². The standard InChI is InChI=1S/C9H8BrNO4.C9H8BrNO2.C9H8N4O2.C7H2BrCl2NO2.C7H4BrNO4.C7H5NO5.Cl2OS.N3.Na/c1-14-8(12)6-3-5(10)4-7(11-6)9(13)15-2;1-5(12)8-3-7(10)4-9(11-8)6(2)13;1-5(14)8-3-7(12-13-10)4-9(11-8)6(2)15;8-3-1-4(6(9)12)11-5(2-3)7(10)13;8-3-1-4(6(10)11)9-5(2-3)7(12)13;9-3-1-4(6(10)11)8-5(2-3)7(12)13;1-4(2)3;1-3-2;/h3-4H,1-2H3;3-4H,1-2H3;3-4H,1-2H3;1-2H;1-2H,(H,10,11)(H,12,13);1-2H,(H,8,9)(H,10,11)(H,12,13);;;/q;;;;;;;-1;+1. The molecule has 6 heterocycles. The van der Waals surface area contributed by atoms with E-state index in [2.05, 4.69) is 134 Å². The summed E-state index contributed by atoms with van der Waals surface area (Å²) in [5.74, 6) is -7.36. The van der Waals surface area contributed by atoms with E-state index < -0.39 is 72.3 Å². The number of azide groups is 1. The molecule has 470 valence electrons. The zero-order chi connectivity index (χ0) is 69.2. The number of Topliss-reactive ketones (excluding diaryl/α,β-unsaturated/α-hetero) is 4. The van der Waals surface area contributed by atoms with Gasteiger partial charge >= 0.3 is 65.4 Å². The maximum atomic E-state index is 11.2. The van der Waals surface area contributed by atoms with Gasteiger partial charge < -0.3 is 45.9 Å². The van der Waals surface area contributed by atoms with Crippen molar-refractivity contribution in [3.05, 3.63) is 196 Å². The van der Waals surface area contributed by atoms with Crippen LogP contribution < -0.4 is 35.0 Å². The van der Waals surface area contributed by atoms with Crippen LogP contribution in [0.25, 0.3) is 26.4 Å². The molecule has 6 rings (SSSR count). The van der Waals surface area contributed by atoms with Crippen molar-refractivity contribution >= 4 is 193 Å². The minimum atomic E-state index is -1.67. The molecule has 0 aliphatic carbocycles. The van der Waals surface area contributed by atoms with Crippen molar-refractivity contribution in [1.82, 2.24) is 29.9 Å². The molecule has 0 saturated heterocycles. The fourth-order valence-electron chi connectivity index (χ4n) is 4.95. The molecule has 0 aromatic carbocycles. The van der Waals surface area contributed by atoms with Crippen LogP contribution in [0.3, 0.4) is 0 Å². The predicted octanol–water partition coefficient (Wildman–Crippen LogP) is 8.62. The summed E-state index contributed by atoms with van der Waals surface area (Å²) in [6, 6.07) is 15.7. The number of ether oxygens (including phenoxy) is 2. The van der Waals surface area contributed by atoms with Crippen molar-refractivity contribution in [2.45, 2.75) is 27.7 Å². The molecule has 90 heavy (non-hydrogen) atoms. The number of aromatic carboxylic acids is 4. The average Bonchev–Trinajstić information content (AvgIpc) is 3.59. The minimum absolute atomic E-state index is 0. The van der Waals surface area contributed by atoms with E-state index in [0.29, 0.717) is 29.3 Å². The summed E-state index contributed by atoms with van der Waals surface area (Å²) in [7, 11) is 9.84. The number of carboxylic acids is 4. The molecule has 0 aliphatic heterocycles. The predicted molar refractivity (Wildman–Crippen MR) is 329 cm³/mol. The Hall–Kier alpha value is -7.61. The second-order valence-electron chi connectivity index (χ2n) is 14.9. The number of halogens is 8. The Bertz CT molecular complexity index is 3490. The average molecular weight is 1620 g/mol. The summed E-state index contributed by atoms with van der Waals surface area (Å²) < 4.78 is 20.2. The molecule has 0 spiro atoms. The quantitative estimate of drug-likeness (QED) is 0.0137. The topological polar surface area (TPSA) is 526 Å². The summed E-state index contributed by atoms with van der Waals surface area (Å²) in [4.78, 5) is 165. The number of hydrogen-bond donors (Lipinski definition) is 5. The van der Waals surface area contributed by atoms with E-state index in [1.54, 1.807) is 12.1 Å². The van der Waals surface area contributed by atoms with Crippen LogP contribution in [0, 0.1) is 0 Å². The van der Waals surface area contributed by atoms with Gasteiger partial charge in [0.15, 0.2) is 28.6 Å². The van der Waals surface area contributed by atoms with Crippen LogP contribution in [0.1, 0.15) is 154 Å². The number of ketones is 4. The number of hydrogen-bond acceptors (Lipinski definition) is 22. The molecule has 0 bridgehead atoms. The van der Waals surface area contributed by atoms with Crippen molar-refractivity contribution < 1.29 is 121 Å². The van der Waals surface area contributed by atoms with E-state index in [1.165, 1.54) is 95.4 Å². The maximum absolute atomic E-state index is 11.2. The van der Waals surface area contributed by atoms with Gasteiger partial charge in [0.2, 0.25) is 9.23 Å². The molecule has 32 nitrogen and oxygen atoms in total. The van der Waals surface area contributed by atoms with E-state index in [4.69, 9.17) is 64.4 Å². The van der Waals surface area contributed by atoms with E-state index in [1.807, 2.05) is 0 Å². The third-order valence-corrected chi connectivity index (χ3v) is 10.7. The number of nitrogens with zero attached hydrogens (tertiary/aromatic N) is 11. The number of carbonyl (C=O) groups is 12. The summed E-state index contributed by atoms with van der Waals surface area (Å²) in [5, 5.41) is 35.8. The number of H-pyrrole nitrogens is 1. The smallest absolute Gasteiger partial charge is 0.477 e. The largest absolute Gasteiger partial charge is 1.00 e. The molecule has 0 atom stereocenters. The third-order valence-electron chi connectivity index (χ3n) is 8.51. The summed E-state index contributed by atoms with van der Waals surface area (Å²) in [6.07, 6.45) is 0. The van der Waals surface area contributed by atoms with Gasteiger partial charge in [-0.3, -0.25) is 38.5 Å². The maximum Gasteiger partial charge on any atom is 1.00 e. The molecule has 0 unspecified atom stereocenters. The van der Waals surface area contributed by atoms with Gasteiger partial charge in [0, 0.05) is 89.7 Å². The van der Waals surface area contributed by atoms with Crippen LogP contribution in [0.2, 0.25) is 0 Å². The molecular formula is C48H35Br4Cl4N12NaO20S. The van der Waals surface area contributed by atoms with Crippen molar-refractivity contribution in [2.75, 3.05) is 14.2 Å². The molecule has 0 saturated carbocycles. The number of carboxylic acid groups (broad SMARTS) is 4. The van der Waals surface area contributed by atoms with Gasteiger partial charge in [-0.2, -0.15) is 0 Å². The normalized spacial score (nSPS) is 9.19. The summed E-state index contributed by atoms with van der Waals surface area (Å²) >= 11 is 22.8. The van der Waals surface area contributed by atoms with Crippen LogP contribution in [-0.2, 0) is 18.7 Å². The van der Waals surface area contributed by atoms with Gasteiger partial charge in [0.25, 0.3) is 10.5 Å². The third kappa shape index (κ3) is 35.5. The van der Waals surface area contributed by atoms with Gasteiger partial charge in [0.1, 0.15) is 68.3 Å². The second-order valence-corrected chi connectivity index (χ2v) is 21.8. The molecule has 0 fully saturated rings. The van der Waals surface area contributed by atoms with Crippen LogP contribution in [0.5, 0.6) is 0 Å². The molecule has 6 aromatic rings. The van der Waals surface area contributed by atoms with E-state index in [-0.39, 0.29) is 104 Å². The number of pyridine rings is 6. The van der Waals surface area contributed by atoms with Gasteiger partial charge in [-0.15, -0.1) is 0 Å². The first-order chi connectivity index (χ1) is 41.3. The molecule has 0 aliphatic rings. The van der Waals surface area contributed by atoms with Gasteiger partial charge in [0.05, 0.1) is 14.2 Å². The molecule has 42 heteroatoms. The van der Waals surface area contributed by atoms with Crippen LogP contribution in [0.4, 0.5) is 5.69 Å². The Labute approximate surface area is 581 Å². The van der Waals surface area contributed by atoms with Crippen LogP contribution in [-0.4, -0.2) is 138 Å². The Morgan fingerprint density at radius 1 is 0.478 bits per heavy atom. The van der Waals surface area contributed by atoms with Crippen molar-refractivity contribution in [2.24, 2.45) is 5.11 Å². The summed E-state index contributed by atoms with van der Waals surface area (Å²) in [6.45, 7) is 5.48. The number of rotatable bonds is 13. The van der Waals surface area contributed by atoms with Crippen LogP contribution in [0.15, 0.2) is 101 Å². The Kier molecular flexibility index (Phi) is 43.1. The van der Waals surface area contributed by atoms with Crippen molar-refractivity contribution in [3.63, 3.8) is 0 Å². The fraction of sp³-hybridized carbons (Fsp3) is 0.125. The van der Waals surface area contributed by atoms with Gasteiger partial charge in [-0.25, -0.2) is 57.9 Å². The minimum Gasteiger partial charge on any atom is -0.477 e. The number of carbonyl (C=O) groups excluding carboxylic acids is 8. The molecule has 6 aromatic heterocycles. The SMILES string of the molecule is CC(=O)c1cc(Br)cc(C(C)=O)n1.CC(=O)c1cc(N=[N+]=[N-])cc(C(C)=O)n1.COC(=O)c1cc(Br)cc(C(=O)OC)n1.O=C(Cl)c1cc(Br)cc(C(=O)Cl)n1.O=C(O)c1cc(=O)cc(C(=O)O)[nH]1.O=C(O)c1cc(Br)cc(C(=O)O)n1.O=S(Cl)Cl.[N-]=[N+]=[N-].[Na+].